The lowest BCUT2D eigenvalue weighted by molar-refractivity contribution is 0.416. The van der Waals surface area contributed by atoms with Crippen molar-refractivity contribution in [2.45, 2.75) is 91.4 Å². The van der Waals surface area contributed by atoms with Gasteiger partial charge in [-0.3, -0.25) is 9.98 Å². The summed E-state index contributed by atoms with van der Waals surface area (Å²) in [6.45, 7) is 17.8. The molecule has 0 saturated carbocycles. The van der Waals surface area contributed by atoms with E-state index in [-0.39, 0.29) is 5.41 Å². The monoisotopic (exact) mass is 402 g/mol. The summed E-state index contributed by atoms with van der Waals surface area (Å²) in [7, 11) is 0. The molecule has 1 aliphatic heterocycles. The third kappa shape index (κ3) is 4.02. The number of benzene rings is 1. The summed E-state index contributed by atoms with van der Waals surface area (Å²) < 4.78 is 0. The second-order valence-corrected chi connectivity index (χ2v) is 9.08. The van der Waals surface area contributed by atoms with E-state index in [9.17, 15) is 0 Å². The molecule has 1 aromatic carbocycles. The fourth-order valence-corrected chi connectivity index (χ4v) is 5.31. The zero-order chi connectivity index (χ0) is 21.9. The molecule has 2 aromatic rings. The van der Waals surface area contributed by atoms with Crippen molar-refractivity contribution in [3.63, 3.8) is 0 Å². The number of aryl methyl sites for hydroxylation is 1. The number of aliphatic imine (C=N–C) groups is 1. The normalized spacial score (nSPS) is 15.9. The minimum atomic E-state index is 0.0731. The first kappa shape index (κ1) is 22.5. The molecule has 1 atom stereocenters. The third-order valence-corrected chi connectivity index (χ3v) is 6.99. The molecule has 1 aromatic heterocycles. The highest BCUT2D eigenvalue weighted by Crippen LogP contribution is 2.43. The van der Waals surface area contributed by atoms with E-state index in [4.69, 9.17) is 9.98 Å². The number of nitrogens with zero attached hydrogens (tertiary/aromatic N) is 2. The molecular weight excluding hydrogens is 364 g/mol. The van der Waals surface area contributed by atoms with E-state index in [2.05, 4.69) is 78.6 Å². The molecule has 3 rings (SSSR count). The van der Waals surface area contributed by atoms with Crippen LogP contribution in [0.25, 0.3) is 11.3 Å². The van der Waals surface area contributed by atoms with Crippen LogP contribution in [0.5, 0.6) is 0 Å². The Balaban J connectivity index is 2.10. The lowest BCUT2D eigenvalue weighted by atomic mass is 9.67. The van der Waals surface area contributed by atoms with Crippen molar-refractivity contribution in [1.82, 2.24) is 4.98 Å². The summed E-state index contributed by atoms with van der Waals surface area (Å²) in [5.41, 5.74) is 9.89. The molecule has 0 amide bonds. The van der Waals surface area contributed by atoms with Crippen molar-refractivity contribution in [2.24, 2.45) is 4.99 Å². The largest absolute Gasteiger partial charge is 0.261 e. The van der Waals surface area contributed by atoms with Gasteiger partial charge in [0.05, 0.1) is 11.4 Å². The molecule has 0 fully saturated rings. The van der Waals surface area contributed by atoms with Gasteiger partial charge in [-0.1, -0.05) is 57.9 Å². The van der Waals surface area contributed by atoms with E-state index >= 15 is 0 Å². The van der Waals surface area contributed by atoms with Gasteiger partial charge in [0.15, 0.2) is 0 Å². The van der Waals surface area contributed by atoms with Crippen LogP contribution < -0.4 is 0 Å². The average Bonchev–Trinajstić information content (AvgIpc) is 2.80. The Morgan fingerprint density at radius 3 is 2.37 bits per heavy atom. The zero-order valence-electron chi connectivity index (χ0n) is 19.8. The summed E-state index contributed by atoms with van der Waals surface area (Å²) in [6.07, 6.45) is 8.77. The minimum absolute atomic E-state index is 0.0731. The molecule has 0 N–H and O–H groups in total. The number of hydrogen-bond acceptors (Lipinski definition) is 2. The maximum Gasteiger partial charge on any atom is 0.0727 e. The van der Waals surface area contributed by atoms with Crippen LogP contribution in [0.2, 0.25) is 0 Å². The summed E-state index contributed by atoms with van der Waals surface area (Å²) in [5.74, 6) is 0.459. The number of rotatable bonds is 8. The number of pyridine rings is 1. The number of fused-ring (bicyclic) bond motifs is 2. The lowest BCUT2D eigenvalue weighted by Gasteiger charge is -2.36. The highest BCUT2D eigenvalue weighted by molar-refractivity contribution is 5.73. The topological polar surface area (TPSA) is 25.2 Å². The Hall–Kier alpha value is -2.22. The van der Waals surface area contributed by atoms with Gasteiger partial charge >= 0.3 is 0 Å². The first-order chi connectivity index (χ1) is 14.4. The van der Waals surface area contributed by atoms with Crippen LogP contribution in [0.15, 0.2) is 41.4 Å². The molecule has 0 aliphatic carbocycles. The van der Waals surface area contributed by atoms with Gasteiger partial charge in [0.25, 0.3) is 0 Å². The summed E-state index contributed by atoms with van der Waals surface area (Å²) >= 11 is 0. The van der Waals surface area contributed by atoms with Crippen LogP contribution in [0, 0.1) is 13.8 Å². The van der Waals surface area contributed by atoms with E-state index < -0.39 is 0 Å². The van der Waals surface area contributed by atoms with Crippen molar-refractivity contribution in [3.05, 3.63) is 58.8 Å². The number of hydrogen-bond donors (Lipinski definition) is 0. The van der Waals surface area contributed by atoms with E-state index in [1.165, 1.54) is 33.5 Å². The molecular formula is C28H38N2. The Morgan fingerprint density at radius 2 is 1.80 bits per heavy atom. The van der Waals surface area contributed by atoms with Gasteiger partial charge in [0.1, 0.15) is 0 Å². The Bertz CT molecular complexity index is 945. The highest BCUT2D eigenvalue weighted by atomic mass is 14.8. The van der Waals surface area contributed by atoms with Crippen molar-refractivity contribution in [2.75, 3.05) is 0 Å². The van der Waals surface area contributed by atoms with Crippen molar-refractivity contribution < 1.29 is 0 Å². The zero-order valence-corrected chi connectivity index (χ0v) is 19.8. The van der Waals surface area contributed by atoms with Gasteiger partial charge in [-0.05, 0) is 75.3 Å². The minimum Gasteiger partial charge on any atom is -0.261 e. The molecule has 0 spiro atoms. The maximum absolute atomic E-state index is 5.13. The molecule has 0 radical (unpaired) electrons. The van der Waals surface area contributed by atoms with E-state index in [0.29, 0.717) is 5.92 Å². The van der Waals surface area contributed by atoms with Crippen LogP contribution in [0.1, 0.15) is 94.5 Å². The van der Waals surface area contributed by atoms with E-state index in [1.807, 2.05) is 0 Å². The van der Waals surface area contributed by atoms with E-state index in [1.54, 1.807) is 0 Å². The Morgan fingerprint density at radius 1 is 1.10 bits per heavy atom. The molecule has 160 valence electrons. The molecule has 1 unspecified atom stereocenters. The molecule has 0 saturated heterocycles. The smallest absolute Gasteiger partial charge is 0.0727 e. The molecule has 30 heavy (non-hydrogen) atoms. The van der Waals surface area contributed by atoms with Crippen molar-refractivity contribution in [3.8, 4) is 11.3 Å². The summed E-state index contributed by atoms with van der Waals surface area (Å²) in [6, 6.07) is 9.09. The van der Waals surface area contributed by atoms with Gasteiger partial charge in [-0.25, -0.2) is 0 Å². The molecule has 2 nitrogen and oxygen atoms in total. The first-order valence-corrected chi connectivity index (χ1v) is 11.7. The maximum atomic E-state index is 5.13. The van der Waals surface area contributed by atoms with Crippen LogP contribution in [0.4, 0.5) is 5.69 Å². The molecule has 2 heteroatoms. The fraction of sp³-hybridized carbons (Fsp3) is 0.500. The Labute approximate surface area is 183 Å². The van der Waals surface area contributed by atoms with Crippen molar-refractivity contribution >= 4 is 11.9 Å². The van der Waals surface area contributed by atoms with Crippen LogP contribution in [-0.4, -0.2) is 11.2 Å². The van der Waals surface area contributed by atoms with Gasteiger partial charge < -0.3 is 0 Å². The van der Waals surface area contributed by atoms with Crippen LogP contribution >= 0.6 is 0 Å². The van der Waals surface area contributed by atoms with Crippen LogP contribution in [0.3, 0.4) is 0 Å². The number of aromatic nitrogens is 1. The Kier molecular flexibility index (Phi) is 6.95. The first-order valence-electron chi connectivity index (χ1n) is 11.7. The summed E-state index contributed by atoms with van der Waals surface area (Å²) in [5, 5.41) is 0. The van der Waals surface area contributed by atoms with Gasteiger partial charge in [0.2, 0.25) is 0 Å². The van der Waals surface area contributed by atoms with Gasteiger partial charge in [-0.15, -0.1) is 0 Å². The predicted molar refractivity (Wildman–Crippen MR) is 131 cm³/mol. The summed E-state index contributed by atoms with van der Waals surface area (Å²) in [4.78, 5) is 9.86. The molecule has 2 bridgehead atoms. The van der Waals surface area contributed by atoms with Gasteiger partial charge in [0, 0.05) is 28.8 Å². The average molecular weight is 403 g/mol. The fourth-order valence-electron chi connectivity index (χ4n) is 5.31. The van der Waals surface area contributed by atoms with Crippen LogP contribution in [-0.2, 0) is 5.41 Å². The van der Waals surface area contributed by atoms with Crippen molar-refractivity contribution in [1.29, 1.82) is 0 Å². The second kappa shape index (κ2) is 9.29. The molecule has 2 heterocycles. The lowest BCUT2D eigenvalue weighted by Crippen LogP contribution is -2.28. The van der Waals surface area contributed by atoms with E-state index in [0.717, 1.165) is 49.9 Å². The van der Waals surface area contributed by atoms with Gasteiger partial charge in [-0.2, -0.15) is 0 Å². The third-order valence-electron chi connectivity index (χ3n) is 6.99. The SMILES string of the molecule is C=C(C)C(CCC)(CCC)c1ccc(-c2cc3c(C)c(n2)C(CC)CC=N3)cc1C. The quantitative estimate of drug-likeness (QED) is 0.407. The molecule has 1 aliphatic rings. The predicted octanol–water partition coefficient (Wildman–Crippen LogP) is 8.38. The second-order valence-electron chi connectivity index (χ2n) is 9.08. The number of allylic oxidation sites excluding steroid dienone is 1. The highest BCUT2D eigenvalue weighted by Gasteiger charge is 2.32. The standard InChI is InChI=1S/C28H38N2/c1-8-14-28(15-9-2,19(4)5)24-12-11-23(17-20(24)6)26-18-25-21(7)27(30-26)22(10-3)13-16-29-25/h11-12,16-18,22H,4,8-10,13-15H2,1-3,5-7H3.